The second-order valence-corrected chi connectivity index (χ2v) is 8.22. The smallest absolute Gasteiger partial charge is 0.246 e. The van der Waals surface area contributed by atoms with Crippen molar-refractivity contribution in [1.29, 1.82) is 0 Å². The van der Waals surface area contributed by atoms with Crippen molar-refractivity contribution in [2.24, 2.45) is 28.7 Å². The second kappa shape index (κ2) is 10.8. The fourth-order valence-corrected chi connectivity index (χ4v) is 4.85. The highest BCUT2D eigenvalue weighted by atomic mass is 127. The molecule has 2 fully saturated rings. The van der Waals surface area contributed by atoms with Crippen molar-refractivity contribution in [3.63, 3.8) is 0 Å². The minimum Gasteiger partial charge on any atom is -0.357 e. The first-order valence-electron chi connectivity index (χ1n) is 10.9. The lowest BCUT2D eigenvalue weighted by atomic mass is 9.85. The van der Waals surface area contributed by atoms with Crippen LogP contribution in [0.15, 0.2) is 41.4 Å². The third-order valence-corrected chi connectivity index (χ3v) is 6.23. The lowest BCUT2D eigenvalue weighted by molar-refractivity contribution is -0.140. The molecule has 3 amide bonds. The van der Waals surface area contributed by atoms with Crippen molar-refractivity contribution in [2.45, 2.75) is 13.3 Å². The topological polar surface area (TPSA) is 103 Å². The molecule has 33 heavy (non-hydrogen) atoms. The summed E-state index contributed by atoms with van der Waals surface area (Å²) in [4.78, 5) is 43.4. The maximum absolute atomic E-state index is 12.8. The van der Waals surface area contributed by atoms with Crippen LogP contribution >= 0.6 is 24.0 Å². The molecule has 1 aromatic rings. The predicted molar refractivity (Wildman–Crippen MR) is 137 cm³/mol. The number of rotatable bonds is 7. The zero-order chi connectivity index (χ0) is 22.7. The number of aliphatic imine (C=N–C) groups is 1. The Bertz CT molecular complexity index is 1000. The number of hydrogen-bond acceptors (Lipinski definition) is 4. The van der Waals surface area contributed by atoms with Crippen LogP contribution in [0, 0.1) is 36.0 Å². The van der Waals surface area contributed by atoms with Crippen molar-refractivity contribution in [3.8, 4) is 12.3 Å². The van der Waals surface area contributed by atoms with Gasteiger partial charge in [-0.1, -0.05) is 24.1 Å². The molecule has 0 radical (unpaired) electrons. The molecule has 2 bridgehead atoms. The Morgan fingerprint density at radius 3 is 2.52 bits per heavy atom. The van der Waals surface area contributed by atoms with Crippen molar-refractivity contribution in [2.75, 3.05) is 31.5 Å². The van der Waals surface area contributed by atoms with E-state index in [2.05, 4.69) is 39.0 Å². The molecule has 1 aliphatic heterocycles. The number of carbonyl (C=O) groups is 3. The van der Waals surface area contributed by atoms with Crippen LogP contribution in [0.1, 0.15) is 18.9 Å². The molecule has 9 heteroatoms. The molecule has 8 nitrogen and oxygen atoms in total. The Kier molecular flexibility index (Phi) is 8.13. The van der Waals surface area contributed by atoms with Gasteiger partial charge in [0.25, 0.3) is 0 Å². The highest BCUT2D eigenvalue weighted by Crippen LogP contribution is 2.52. The van der Waals surface area contributed by atoms with Crippen LogP contribution in [-0.2, 0) is 14.4 Å². The summed E-state index contributed by atoms with van der Waals surface area (Å²) in [6.07, 6.45) is 10.5. The summed E-state index contributed by atoms with van der Waals surface area (Å²) < 4.78 is 0. The number of anilines is 1. The highest BCUT2D eigenvalue weighted by molar-refractivity contribution is 14.0. The molecular weight excluding hydrogens is 533 g/mol. The van der Waals surface area contributed by atoms with Crippen LogP contribution in [-0.4, -0.2) is 54.8 Å². The molecule has 0 spiro atoms. The molecule has 0 aromatic heterocycles. The van der Waals surface area contributed by atoms with Gasteiger partial charge in [-0.3, -0.25) is 19.3 Å². The summed E-state index contributed by atoms with van der Waals surface area (Å²) in [7, 11) is 0. The number of halogens is 1. The first-order valence-corrected chi connectivity index (χ1v) is 10.9. The van der Waals surface area contributed by atoms with Crippen LogP contribution in [0.5, 0.6) is 0 Å². The number of carbonyl (C=O) groups excluding carboxylic acids is 3. The van der Waals surface area contributed by atoms with Crippen molar-refractivity contribution in [1.82, 2.24) is 15.5 Å². The van der Waals surface area contributed by atoms with E-state index >= 15 is 0 Å². The number of guanidine groups is 1. The highest BCUT2D eigenvalue weighted by Gasteiger charge is 2.58. The van der Waals surface area contributed by atoms with Gasteiger partial charge in [0.2, 0.25) is 17.7 Å². The van der Waals surface area contributed by atoms with Crippen LogP contribution in [0.4, 0.5) is 5.69 Å². The number of amides is 3. The van der Waals surface area contributed by atoms with Crippen LogP contribution in [0.25, 0.3) is 0 Å². The second-order valence-electron chi connectivity index (χ2n) is 8.22. The Balaban J connectivity index is 0.00000306. The summed E-state index contributed by atoms with van der Waals surface area (Å²) in [5, 5.41) is 8.93. The van der Waals surface area contributed by atoms with E-state index in [0.29, 0.717) is 30.3 Å². The molecule has 1 saturated heterocycles. The van der Waals surface area contributed by atoms with E-state index < -0.39 is 0 Å². The van der Waals surface area contributed by atoms with E-state index in [-0.39, 0.29) is 78.5 Å². The van der Waals surface area contributed by atoms with Crippen molar-refractivity contribution < 1.29 is 14.4 Å². The van der Waals surface area contributed by atoms with Gasteiger partial charge < -0.3 is 16.0 Å². The van der Waals surface area contributed by atoms with Gasteiger partial charge in [0.15, 0.2) is 5.96 Å². The van der Waals surface area contributed by atoms with Crippen LogP contribution < -0.4 is 16.0 Å². The molecule has 4 rings (SSSR count). The summed E-state index contributed by atoms with van der Waals surface area (Å²) in [5.74, 6) is 2.61. The average molecular weight is 561 g/mol. The third kappa shape index (κ3) is 5.21. The van der Waals surface area contributed by atoms with Gasteiger partial charge in [0.05, 0.1) is 11.8 Å². The maximum atomic E-state index is 12.8. The van der Waals surface area contributed by atoms with Crippen molar-refractivity contribution >= 4 is 53.3 Å². The number of nitrogens with one attached hydrogen (secondary N) is 3. The number of allylic oxidation sites excluding steroid dienone is 2. The molecule has 174 valence electrons. The predicted octanol–water partition coefficient (Wildman–Crippen LogP) is 1.59. The first kappa shape index (κ1) is 24.8. The van der Waals surface area contributed by atoms with E-state index in [0.717, 1.165) is 6.42 Å². The summed E-state index contributed by atoms with van der Waals surface area (Å²) in [5.41, 5.74) is 1.29. The summed E-state index contributed by atoms with van der Waals surface area (Å²) in [6, 6.07) is 7.03. The van der Waals surface area contributed by atoms with Gasteiger partial charge in [0, 0.05) is 30.9 Å². The lowest BCUT2D eigenvalue weighted by Crippen LogP contribution is -2.44. The third-order valence-electron chi connectivity index (χ3n) is 6.23. The normalized spacial score (nSPS) is 24.8. The SMILES string of the molecule is C#Cc1cccc(NC(=O)CN=C(NCC)NCCN2C(=O)C3C4C=CC(C4)C3C2=O)c1.I. The lowest BCUT2D eigenvalue weighted by Gasteiger charge is -2.18. The Hall–Kier alpha value is -2.87. The maximum Gasteiger partial charge on any atom is 0.246 e. The number of imide groups is 1. The molecule has 1 saturated carbocycles. The van der Waals surface area contributed by atoms with Gasteiger partial charge in [-0.25, -0.2) is 4.99 Å². The Morgan fingerprint density at radius 1 is 1.18 bits per heavy atom. The fraction of sp³-hybridized carbons (Fsp3) is 0.417. The molecule has 1 aromatic carbocycles. The van der Waals surface area contributed by atoms with Gasteiger partial charge in [-0.2, -0.15) is 0 Å². The van der Waals surface area contributed by atoms with Gasteiger partial charge in [-0.15, -0.1) is 30.4 Å². The molecule has 4 atom stereocenters. The molecule has 4 unspecified atom stereocenters. The van der Waals surface area contributed by atoms with E-state index in [1.165, 1.54) is 4.90 Å². The van der Waals surface area contributed by atoms with Gasteiger partial charge in [0.1, 0.15) is 6.54 Å². The number of nitrogens with zero attached hydrogens (tertiary/aromatic N) is 2. The number of fused-ring (bicyclic) bond motifs is 5. The zero-order valence-corrected chi connectivity index (χ0v) is 20.7. The van der Waals surface area contributed by atoms with E-state index in [4.69, 9.17) is 6.42 Å². The quantitative estimate of drug-likeness (QED) is 0.117. The Labute approximate surface area is 210 Å². The minimum atomic E-state index is -0.280. The molecule has 3 aliphatic rings. The molecule has 2 aliphatic carbocycles. The standard InChI is InChI=1S/C24H27N5O3.HI/c1-3-15-6-5-7-18(12-15)28-19(30)14-27-24(25-4-2)26-10-11-29-22(31)20-16-8-9-17(13-16)21(20)23(29)32;/h1,5-9,12,16-17,20-21H,4,10-11,13-14H2,2H3,(H,28,30)(H2,25,26,27);1H. The molecule has 1 heterocycles. The molecule has 3 N–H and O–H groups in total. The fourth-order valence-electron chi connectivity index (χ4n) is 4.85. The van der Waals surface area contributed by atoms with Crippen molar-refractivity contribution in [3.05, 3.63) is 42.0 Å². The van der Waals surface area contributed by atoms with E-state index in [9.17, 15) is 14.4 Å². The van der Waals surface area contributed by atoms with Crippen LogP contribution in [0.3, 0.4) is 0 Å². The number of likely N-dealkylation sites (tertiary alicyclic amines) is 1. The zero-order valence-electron chi connectivity index (χ0n) is 18.4. The number of hydrogen-bond donors (Lipinski definition) is 3. The van der Waals surface area contributed by atoms with Gasteiger partial charge >= 0.3 is 0 Å². The van der Waals surface area contributed by atoms with Gasteiger partial charge in [-0.05, 0) is 43.4 Å². The van der Waals surface area contributed by atoms with E-state index in [1.807, 2.05) is 6.92 Å². The summed E-state index contributed by atoms with van der Waals surface area (Å²) >= 11 is 0. The monoisotopic (exact) mass is 561 g/mol. The molecular formula is C24H28IN5O3. The largest absolute Gasteiger partial charge is 0.357 e. The van der Waals surface area contributed by atoms with E-state index in [1.54, 1.807) is 24.3 Å². The Morgan fingerprint density at radius 2 is 1.88 bits per heavy atom. The number of terminal acetylenes is 1. The first-order chi connectivity index (χ1) is 15.5. The number of benzene rings is 1. The van der Waals surface area contributed by atoms with Crippen LogP contribution in [0.2, 0.25) is 0 Å². The minimum absolute atomic E-state index is 0. The summed E-state index contributed by atoms with van der Waals surface area (Å²) in [6.45, 7) is 3.08. The average Bonchev–Trinajstić information content (AvgIpc) is 3.47.